The molecule has 12 heteroatoms. The second-order valence-electron chi connectivity index (χ2n) is 8.81. The summed E-state index contributed by atoms with van der Waals surface area (Å²) < 4.78 is 0. The molecule has 36 heavy (non-hydrogen) atoms. The Hall–Kier alpha value is -3.48. The van der Waals surface area contributed by atoms with E-state index in [4.69, 9.17) is 16.6 Å². The lowest BCUT2D eigenvalue weighted by atomic mass is 10.0. The Morgan fingerprint density at radius 3 is 2.33 bits per heavy atom. The molecule has 0 saturated heterocycles. The number of aromatic nitrogens is 1. The zero-order valence-corrected chi connectivity index (χ0v) is 20.5. The number of hydrogen-bond acceptors (Lipinski definition) is 7. The molecule has 0 aliphatic rings. The number of aliphatic carboxylic acids is 1. The van der Waals surface area contributed by atoms with Crippen molar-refractivity contribution >= 4 is 34.6 Å². The molecule has 5 unspecified atom stereocenters. The van der Waals surface area contributed by atoms with Gasteiger partial charge in [-0.05, 0) is 57.7 Å². The number of carbonyl (C=O) groups is 4. The second kappa shape index (κ2) is 13.6. The van der Waals surface area contributed by atoms with Gasteiger partial charge in [0.15, 0.2) is 0 Å². The maximum Gasteiger partial charge on any atom is 0.325 e. The number of benzene rings is 1. The Balaban J connectivity index is 2.07. The summed E-state index contributed by atoms with van der Waals surface area (Å²) in [7, 11) is 0. The monoisotopic (exact) mass is 504 g/mol. The van der Waals surface area contributed by atoms with Crippen LogP contribution in [0.4, 0.5) is 0 Å². The summed E-state index contributed by atoms with van der Waals surface area (Å²) in [5.74, 6) is -3.37. The summed E-state index contributed by atoms with van der Waals surface area (Å²) in [6.45, 7) is 3.01. The van der Waals surface area contributed by atoms with Crippen molar-refractivity contribution < 1.29 is 29.4 Å². The van der Waals surface area contributed by atoms with E-state index in [9.17, 15) is 24.3 Å². The molecule has 5 atom stereocenters. The van der Waals surface area contributed by atoms with Gasteiger partial charge < -0.3 is 42.6 Å². The minimum Gasteiger partial charge on any atom is -0.480 e. The molecule has 0 radical (unpaired) electrons. The highest BCUT2D eigenvalue weighted by atomic mass is 16.4. The number of carbonyl (C=O) groups excluding carboxylic acids is 3. The van der Waals surface area contributed by atoms with Crippen LogP contribution in [-0.2, 0) is 25.6 Å². The summed E-state index contributed by atoms with van der Waals surface area (Å²) >= 11 is 0. The van der Waals surface area contributed by atoms with Crippen LogP contribution >= 0.6 is 0 Å². The standard InChI is InChI=1S/C24H36N6O6/c1-13(24(35)36)28-22(33)19(9-5-6-10-25)29-23(34)20(14(2)31)30-21(32)17(26)11-15-12-27-18-8-4-3-7-16(15)18/h3-4,7-8,12-14,17,19-20,27,31H,5-6,9-11,25-26H2,1-2H3,(H,28,33)(H,29,34)(H,30,32)(H,35,36). The number of hydrogen-bond donors (Lipinski definition) is 8. The second-order valence-corrected chi connectivity index (χ2v) is 8.81. The number of H-pyrrole nitrogens is 1. The summed E-state index contributed by atoms with van der Waals surface area (Å²) in [6, 6.07) is 2.93. The van der Waals surface area contributed by atoms with E-state index in [-0.39, 0.29) is 12.8 Å². The van der Waals surface area contributed by atoms with E-state index in [1.807, 2.05) is 24.3 Å². The largest absolute Gasteiger partial charge is 0.480 e. The van der Waals surface area contributed by atoms with Crippen LogP contribution in [0.1, 0.15) is 38.7 Å². The number of nitrogens with two attached hydrogens (primary N) is 2. The van der Waals surface area contributed by atoms with Crippen LogP contribution in [0.5, 0.6) is 0 Å². The third-order valence-corrected chi connectivity index (χ3v) is 5.82. The van der Waals surface area contributed by atoms with Crippen LogP contribution in [0.15, 0.2) is 30.5 Å². The van der Waals surface area contributed by atoms with E-state index in [1.54, 1.807) is 6.20 Å². The van der Waals surface area contributed by atoms with Crippen molar-refractivity contribution in [1.82, 2.24) is 20.9 Å². The molecule has 0 saturated carbocycles. The number of amides is 3. The highest BCUT2D eigenvalue weighted by molar-refractivity contribution is 5.94. The van der Waals surface area contributed by atoms with Crippen molar-refractivity contribution in [2.24, 2.45) is 11.5 Å². The van der Waals surface area contributed by atoms with Gasteiger partial charge in [0.2, 0.25) is 17.7 Å². The maximum absolute atomic E-state index is 12.9. The van der Waals surface area contributed by atoms with Crippen LogP contribution in [0.25, 0.3) is 10.9 Å². The average Bonchev–Trinajstić information content (AvgIpc) is 3.23. The number of para-hydroxylation sites is 1. The molecule has 1 heterocycles. The highest BCUT2D eigenvalue weighted by Crippen LogP contribution is 2.18. The van der Waals surface area contributed by atoms with Crippen molar-refractivity contribution in [3.8, 4) is 0 Å². The molecule has 0 spiro atoms. The Bertz CT molecular complexity index is 1050. The SMILES string of the molecule is CC(NC(=O)C(CCCCN)NC(=O)C(NC(=O)C(N)Cc1c[nH]c2ccccc12)C(C)O)C(=O)O. The highest BCUT2D eigenvalue weighted by Gasteiger charge is 2.31. The number of carboxylic acids is 1. The van der Waals surface area contributed by atoms with E-state index < -0.39 is 54.0 Å². The molecule has 0 fully saturated rings. The minimum absolute atomic E-state index is 0.196. The molecule has 198 valence electrons. The van der Waals surface area contributed by atoms with Gasteiger partial charge in [0, 0.05) is 17.1 Å². The van der Waals surface area contributed by atoms with Crippen LogP contribution in [0, 0.1) is 0 Å². The zero-order chi connectivity index (χ0) is 26.8. The van der Waals surface area contributed by atoms with Gasteiger partial charge in [0.05, 0.1) is 12.1 Å². The lowest BCUT2D eigenvalue weighted by molar-refractivity contribution is -0.142. The molecule has 3 amide bonds. The number of rotatable bonds is 14. The number of aliphatic hydroxyl groups is 1. The van der Waals surface area contributed by atoms with Crippen molar-refractivity contribution in [2.75, 3.05) is 6.54 Å². The third kappa shape index (κ3) is 8.04. The quantitative estimate of drug-likeness (QED) is 0.151. The maximum atomic E-state index is 12.9. The predicted octanol–water partition coefficient (Wildman–Crippen LogP) is -0.894. The summed E-state index contributed by atoms with van der Waals surface area (Å²) in [5.41, 5.74) is 13.3. The number of carboxylic acid groups (broad SMARTS) is 1. The minimum atomic E-state index is -1.38. The molecule has 12 nitrogen and oxygen atoms in total. The van der Waals surface area contributed by atoms with Gasteiger partial charge in [-0.15, -0.1) is 0 Å². The zero-order valence-electron chi connectivity index (χ0n) is 20.5. The first-order valence-electron chi connectivity index (χ1n) is 11.9. The summed E-state index contributed by atoms with van der Waals surface area (Å²) in [5, 5.41) is 27.5. The molecular weight excluding hydrogens is 468 g/mol. The number of unbranched alkanes of at least 4 members (excludes halogenated alkanes) is 1. The first-order chi connectivity index (χ1) is 17.0. The fraction of sp³-hybridized carbons (Fsp3) is 0.500. The topological polar surface area (TPSA) is 213 Å². The Kier molecular flexibility index (Phi) is 10.8. The van der Waals surface area contributed by atoms with Gasteiger partial charge >= 0.3 is 5.97 Å². The van der Waals surface area contributed by atoms with Crippen LogP contribution in [0.2, 0.25) is 0 Å². The van der Waals surface area contributed by atoms with E-state index in [0.717, 1.165) is 16.5 Å². The van der Waals surface area contributed by atoms with Gasteiger partial charge in [-0.25, -0.2) is 0 Å². The smallest absolute Gasteiger partial charge is 0.325 e. The first kappa shape index (κ1) is 28.8. The fourth-order valence-corrected chi connectivity index (χ4v) is 3.69. The van der Waals surface area contributed by atoms with E-state index >= 15 is 0 Å². The molecular formula is C24H36N6O6. The third-order valence-electron chi connectivity index (χ3n) is 5.82. The number of nitrogens with one attached hydrogen (secondary N) is 4. The lowest BCUT2D eigenvalue weighted by Crippen LogP contribution is -2.59. The van der Waals surface area contributed by atoms with E-state index in [2.05, 4.69) is 20.9 Å². The van der Waals surface area contributed by atoms with Crippen molar-refractivity contribution in [3.05, 3.63) is 36.0 Å². The van der Waals surface area contributed by atoms with Gasteiger partial charge in [-0.3, -0.25) is 19.2 Å². The van der Waals surface area contributed by atoms with Crippen LogP contribution in [-0.4, -0.2) is 75.7 Å². The van der Waals surface area contributed by atoms with Crippen molar-refractivity contribution in [3.63, 3.8) is 0 Å². The molecule has 0 aliphatic carbocycles. The molecule has 2 aromatic rings. The average molecular weight is 505 g/mol. The molecule has 1 aromatic carbocycles. The number of aliphatic hydroxyl groups excluding tert-OH is 1. The Labute approximate surface area is 209 Å². The van der Waals surface area contributed by atoms with Crippen molar-refractivity contribution in [1.29, 1.82) is 0 Å². The summed E-state index contributed by atoms with van der Waals surface area (Å²) in [4.78, 5) is 52.5. The number of aromatic amines is 1. The first-order valence-corrected chi connectivity index (χ1v) is 11.9. The fourth-order valence-electron chi connectivity index (χ4n) is 3.69. The molecule has 2 rings (SSSR count). The van der Waals surface area contributed by atoms with Gasteiger partial charge in [-0.2, -0.15) is 0 Å². The van der Waals surface area contributed by atoms with Crippen LogP contribution in [0.3, 0.4) is 0 Å². The molecule has 1 aromatic heterocycles. The normalized spacial score (nSPS) is 15.4. The van der Waals surface area contributed by atoms with Crippen LogP contribution < -0.4 is 27.4 Å². The van der Waals surface area contributed by atoms with Gasteiger partial charge in [-0.1, -0.05) is 18.2 Å². The van der Waals surface area contributed by atoms with Gasteiger partial charge in [0.25, 0.3) is 0 Å². The van der Waals surface area contributed by atoms with E-state index in [0.29, 0.717) is 19.4 Å². The number of fused-ring (bicyclic) bond motifs is 1. The molecule has 0 bridgehead atoms. The van der Waals surface area contributed by atoms with Crippen molar-refractivity contribution in [2.45, 2.75) is 69.8 Å². The Morgan fingerprint density at radius 2 is 1.69 bits per heavy atom. The predicted molar refractivity (Wildman–Crippen MR) is 134 cm³/mol. The molecule has 10 N–H and O–H groups in total. The summed E-state index contributed by atoms with van der Waals surface area (Å²) in [6.07, 6.45) is 1.95. The van der Waals surface area contributed by atoms with E-state index in [1.165, 1.54) is 13.8 Å². The van der Waals surface area contributed by atoms with Gasteiger partial charge in [0.1, 0.15) is 18.1 Å². The lowest BCUT2D eigenvalue weighted by Gasteiger charge is -2.26. The molecule has 0 aliphatic heterocycles. The Morgan fingerprint density at radius 1 is 1.00 bits per heavy atom.